The molecule has 6 nitrogen and oxygen atoms in total. The van der Waals surface area contributed by atoms with Gasteiger partial charge in [0.2, 0.25) is 0 Å². The van der Waals surface area contributed by atoms with E-state index in [1.54, 1.807) is 18.3 Å². The minimum atomic E-state index is -0.300. The number of halogens is 1. The average Bonchev–Trinajstić information content (AvgIpc) is 3.22. The van der Waals surface area contributed by atoms with Gasteiger partial charge >= 0.3 is 0 Å². The summed E-state index contributed by atoms with van der Waals surface area (Å²) in [4.78, 5) is 23.4. The third-order valence-electron chi connectivity index (χ3n) is 5.35. The maximum absolute atomic E-state index is 13.1. The van der Waals surface area contributed by atoms with Crippen LogP contribution in [-0.2, 0) is 6.42 Å². The number of likely N-dealkylation sites (tertiary alicyclic amines) is 1. The van der Waals surface area contributed by atoms with Crippen LogP contribution in [0.3, 0.4) is 0 Å². The Hall–Kier alpha value is -3.09. The van der Waals surface area contributed by atoms with E-state index in [1.807, 2.05) is 24.0 Å². The molecular formula is C22H23FN4O2. The molecule has 0 N–H and O–H groups in total. The number of pyridine rings is 1. The van der Waals surface area contributed by atoms with Crippen LogP contribution < -0.4 is 0 Å². The van der Waals surface area contributed by atoms with Gasteiger partial charge in [0.05, 0.1) is 0 Å². The van der Waals surface area contributed by atoms with Crippen LogP contribution in [0.4, 0.5) is 4.39 Å². The number of hydrogen-bond donors (Lipinski definition) is 0. The van der Waals surface area contributed by atoms with Gasteiger partial charge in [0.25, 0.3) is 11.8 Å². The number of hydrogen-bond acceptors (Lipinski definition) is 5. The second kappa shape index (κ2) is 8.51. The first-order valence-corrected chi connectivity index (χ1v) is 9.89. The van der Waals surface area contributed by atoms with Gasteiger partial charge in [0.15, 0.2) is 5.82 Å². The van der Waals surface area contributed by atoms with Gasteiger partial charge in [-0.05, 0) is 68.0 Å². The predicted molar refractivity (Wildman–Crippen MR) is 106 cm³/mol. The van der Waals surface area contributed by atoms with E-state index in [0.717, 1.165) is 37.9 Å². The molecule has 29 heavy (non-hydrogen) atoms. The van der Waals surface area contributed by atoms with Crippen LogP contribution in [0.15, 0.2) is 47.1 Å². The molecule has 3 aromatic rings. The molecular weight excluding hydrogens is 371 g/mol. The highest BCUT2D eigenvalue weighted by molar-refractivity contribution is 5.93. The van der Waals surface area contributed by atoms with Gasteiger partial charge < -0.3 is 9.42 Å². The second-order valence-corrected chi connectivity index (χ2v) is 7.49. The van der Waals surface area contributed by atoms with Gasteiger partial charge in [-0.2, -0.15) is 4.98 Å². The SMILES string of the molecule is Cc1cccnc1C(=O)N1CCCC(CCc2noc(-c3ccc(F)cc3)n2)C1. The molecule has 0 saturated carbocycles. The zero-order chi connectivity index (χ0) is 20.2. The molecule has 0 spiro atoms. The van der Waals surface area contributed by atoms with Crippen molar-refractivity contribution in [1.29, 1.82) is 0 Å². The van der Waals surface area contributed by atoms with Crippen LogP contribution in [0.25, 0.3) is 11.5 Å². The number of amides is 1. The Morgan fingerprint density at radius 1 is 1.28 bits per heavy atom. The zero-order valence-corrected chi connectivity index (χ0v) is 16.3. The summed E-state index contributed by atoms with van der Waals surface area (Å²) in [5.74, 6) is 1.13. The Balaban J connectivity index is 1.35. The summed E-state index contributed by atoms with van der Waals surface area (Å²) >= 11 is 0. The summed E-state index contributed by atoms with van der Waals surface area (Å²) in [5.41, 5.74) is 2.14. The molecule has 4 rings (SSSR count). The molecule has 1 aromatic carbocycles. The molecule has 150 valence electrons. The van der Waals surface area contributed by atoms with E-state index < -0.39 is 0 Å². The first-order valence-electron chi connectivity index (χ1n) is 9.89. The molecule has 1 fully saturated rings. The van der Waals surface area contributed by atoms with Crippen LogP contribution in [0, 0.1) is 18.7 Å². The normalized spacial score (nSPS) is 16.8. The summed E-state index contributed by atoms with van der Waals surface area (Å²) in [6.07, 6.45) is 5.28. The molecule has 2 aromatic heterocycles. The van der Waals surface area contributed by atoms with Crippen molar-refractivity contribution >= 4 is 5.91 Å². The largest absolute Gasteiger partial charge is 0.337 e. The van der Waals surface area contributed by atoms with Crippen molar-refractivity contribution in [3.63, 3.8) is 0 Å². The molecule has 3 heterocycles. The number of aryl methyl sites for hydroxylation is 2. The third kappa shape index (κ3) is 4.50. The molecule has 0 bridgehead atoms. The Kier molecular flexibility index (Phi) is 5.64. The lowest BCUT2D eigenvalue weighted by molar-refractivity contribution is 0.0661. The number of nitrogens with zero attached hydrogens (tertiary/aromatic N) is 4. The fourth-order valence-electron chi connectivity index (χ4n) is 3.74. The van der Waals surface area contributed by atoms with Crippen LogP contribution in [0.2, 0.25) is 0 Å². The summed E-state index contributed by atoms with van der Waals surface area (Å²) < 4.78 is 18.4. The lowest BCUT2D eigenvalue weighted by atomic mass is 9.93. The molecule has 1 atom stereocenters. The van der Waals surface area contributed by atoms with Crippen molar-refractivity contribution in [2.75, 3.05) is 13.1 Å². The molecule has 1 unspecified atom stereocenters. The van der Waals surface area contributed by atoms with Gasteiger partial charge in [-0.3, -0.25) is 9.78 Å². The zero-order valence-electron chi connectivity index (χ0n) is 16.3. The van der Waals surface area contributed by atoms with Gasteiger partial charge in [-0.25, -0.2) is 4.39 Å². The maximum atomic E-state index is 13.1. The maximum Gasteiger partial charge on any atom is 0.272 e. The van der Waals surface area contributed by atoms with E-state index in [2.05, 4.69) is 15.1 Å². The van der Waals surface area contributed by atoms with E-state index in [4.69, 9.17) is 4.52 Å². The van der Waals surface area contributed by atoms with Crippen molar-refractivity contribution in [1.82, 2.24) is 20.0 Å². The molecule has 1 aliphatic rings. The summed E-state index contributed by atoms with van der Waals surface area (Å²) in [6.45, 7) is 3.40. The quantitative estimate of drug-likeness (QED) is 0.652. The van der Waals surface area contributed by atoms with Gasteiger partial charge in [0, 0.05) is 31.3 Å². The number of carbonyl (C=O) groups excluding carboxylic acids is 1. The highest BCUT2D eigenvalue weighted by Gasteiger charge is 2.26. The lowest BCUT2D eigenvalue weighted by Crippen LogP contribution is -2.40. The first kappa shape index (κ1) is 19.2. The summed E-state index contributed by atoms with van der Waals surface area (Å²) in [7, 11) is 0. The number of carbonyl (C=O) groups is 1. The van der Waals surface area contributed by atoms with Crippen molar-refractivity contribution in [3.05, 3.63) is 65.5 Å². The molecule has 1 aliphatic heterocycles. The Labute approximate surface area is 168 Å². The van der Waals surface area contributed by atoms with Crippen LogP contribution >= 0.6 is 0 Å². The van der Waals surface area contributed by atoms with Crippen molar-refractivity contribution in [3.8, 4) is 11.5 Å². The molecule has 1 saturated heterocycles. The van der Waals surface area contributed by atoms with Gasteiger partial charge in [-0.1, -0.05) is 11.2 Å². The van der Waals surface area contributed by atoms with E-state index in [-0.39, 0.29) is 11.7 Å². The topological polar surface area (TPSA) is 72.1 Å². The Bertz CT molecular complexity index is 986. The monoisotopic (exact) mass is 394 g/mol. The Morgan fingerprint density at radius 2 is 2.10 bits per heavy atom. The number of aromatic nitrogens is 3. The third-order valence-corrected chi connectivity index (χ3v) is 5.35. The molecule has 7 heteroatoms. The number of piperidine rings is 1. The molecule has 0 aliphatic carbocycles. The second-order valence-electron chi connectivity index (χ2n) is 7.49. The van der Waals surface area contributed by atoms with E-state index in [0.29, 0.717) is 35.3 Å². The van der Waals surface area contributed by atoms with Crippen molar-refractivity contribution < 1.29 is 13.7 Å². The summed E-state index contributed by atoms with van der Waals surface area (Å²) in [5, 5.41) is 4.04. The summed E-state index contributed by atoms with van der Waals surface area (Å²) in [6, 6.07) is 9.74. The van der Waals surface area contributed by atoms with Crippen LogP contribution in [-0.4, -0.2) is 39.0 Å². The first-order chi connectivity index (χ1) is 14.1. The van der Waals surface area contributed by atoms with Crippen LogP contribution in [0.1, 0.15) is 41.1 Å². The molecule has 1 amide bonds. The van der Waals surface area contributed by atoms with Gasteiger partial charge in [-0.15, -0.1) is 0 Å². The van der Waals surface area contributed by atoms with Crippen molar-refractivity contribution in [2.24, 2.45) is 5.92 Å². The standard InChI is InChI=1S/C22H23FN4O2/c1-15-4-2-12-24-20(15)22(28)27-13-3-5-16(14-27)6-11-19-25-21(29-26-19)17-7-9-18(23)10-8-17/h2,4,7-10,12,16H,3,5-6,11,13-14H2,1H3. The van der Waals surface area contributed by atoms with E-state index >= 15 is 0 Å². The van der Waals surface area contributed by atoms with E-state index in [9.17, 15) is 9.18 Å². The van der Waals surface area contributed by atoms with Crippen molar-refractivity contribution in [2.45, 2.75) is 32.6 Å². The minimum Gasteiger partial charge on any atom is -0.337 e. The minimum absolute atomic E-state index is 0.00552. The average molecular weight is 394 g/mol. The highest BCUT2D eigenvalue weighted by atomic mass is 19.1. The fraction of sp³-hybridized carbons (Fsp3) is 0.364. The Morgan fingerprint density at radius 3 is 2.90 bits per heavy atom. The number of rotatable bonds is 5. The highest BCUT2D eigenvalue weighted by Crippen LogP contribution is 2.24. The predicted octanol–water partition coefficient (Wildman–Crippen LogP) is 4.06. The van der Waals surface area contributed by atoms with E-state index in [1.165, 1.54) is 12.1 Å². The fourth-order valence-corrected chi connectivity index (χ4v) is 3.74. The van der Waals surface area contributed by atoms with Crippen LogP contribution in [0.5, 0.6) is 0 Å². The molecule has 0 radical (unpaired) electrons. The lowest BCUT2D eigenvalue weighted by Gasteiger charge is -2.32. The number of benzene rings is 1. The van der Waals surface area contributed by atoms with Gasteiger partial charge in [0.1, 0.15) is 11.5 Å². The smallest absolute Gasteiger partial charge is 0.272 e.